The van der Waals surface area contributed by atoms with Crippen molar-refractivity contribution >= 4 is 24.0 Å². The van der Waals surface area contributed by atoms with Gasteiger partial charge in [0.15, 0.2) is 0 Å². The van der Waals surface area contributed by atoms with Crippen LogP contribution in [0.4, 0.5) is 0 Å². The van der Waals surface area contributed by atoms with E-state index in [1.54, 1.807) is 0 Å². The third-order valence-corrected chi connectivity index (χ3v) is 2.73. The first kappa shape index (κ1) is 17.1. The summed E-state index contributed by atoms with van der Waals surface area (Å²) >= 11 is 0. The second-order valence-electron chi connectivity index (χ2n) is 3.45. The Labute approximate surface area is 108 Å². The summed E-state index contributed by atoms with van der Waals surface area (Å²) in [5.74, 6) is 0.919. The molecule has 0 spiro atoms. The zero-order valence-corrected chi connectivity index (χ0v) is 12.3. The summed E-state index contributed by atoms with van der Waals surface area (Å²) in [6.45, 7) is 10.9. The fourth-order valence-corrected chi connectivity index (χ4v) is 1.83. The molecule has 1 saturated heterocycles. The number of nitrogens with two attached hydrogens (primary N) is 1. The molecule has 2 nitrogen and oxygen atoms in total. The van der Waals surface area contributed by atoms with Gasteiger partial charge in [0.25, 0.3) is 0 Å². The second kappa shape index (κ2) is 11.7. The Hall–Kier alpha value is 0.650. The van der Waals surface area contributed by atoms with E-state index in [0.717, 1.165) is 12.5 Å². The monoisotopic (exact) mass is 316 g/mol. The normalized spacial score (nSPS) is 18.0. The van der Waals surface area contributed by atoms with Gasteiger partial charge in [0.1, 0.15) is 0 Å². The van der Waals surface area contributed by atoms with Crippen molar-refractivity contribution in [1.82, 2.24) is 4.90 Å². The van der Waals surface area contributed by atoms with Crippen LogP contribution in [-0.2, 0) is 0 Å². The molecule has 90 valence electrons. The second-order valence-corrected chi connectivity index (χ2v) is 3.45. The minimum Gasteiger partial charge on any atom is -0.330 e. The van der Waals surface area contributed by atoms with Crippen LogP contribution in [0.15, 0.2) is 0 Å². The lowest BCUT2D eigenvalue weighted by Crippen LogP contribution is -2.33. The molecule has 0 aromatic carbocycles. The molecule has 1 aliphatic rings. The van der Waals surface area contributed by atoms with E-state index in [0.29, 0.717) is 0 Å². The summed E-state index contributed by atoms with van der Waals surface area (Å²) < 4.78 is 0. The lowest BCUT2D eigenvalue weighted by atomic mass is 9.94. The lowest BCUT2D eigenvalue weighted by Gasteiger charge is -2.30. The molecule has 14 heavy (non-hydrogen) atoms. The van der Waals surface area contributed by atoms with Gasteiger partial charge in [-0.3, -0.25) is 0 Å². The first-order chi connectivity index (χ1) is 6.36. The molecule has 2 N–H and O–H groups in total. The molecule has 3 heteroatoms. The standard InChI is InChI=1S/C9H20N2.C2H6.HI.H2/c1-2-11-7-4-9(3-6-10)5-8-11;1-2;;/h9H,2-8,10H2,1H3;1-2H3;2*1H. The Morgan fingerprint density at radius 3 is 2.14 bits per heavy atom. The van der Waals surface area contributed by atoms with Gasteiger partial charge < -0.3 is 10.6 Å². The van der Waals surface area contributed by atoms with E-state index >= 15 is 0 Å². The zero-order valence-electron chi connectivity index (χ0n) is 9.96. The molecule has 0 unspecified atom stereocenters. The van der Waals surface area contributed by atoms with E-state index in [1.807, 2.05) is 13.8 Å². The number of rotatable bonds is 3. The molecule has 1 heterocycles. The largest absolute Gasteiger partial charge is 0.330 e. The molecule has 0 atom stereocenters. The van der Waals surface area contributed by atoms with Crippen LogP contribution < -0.4 is 5.73 Å². The molecule has 0 amide bonds. The third-order valence-electron chi connectivity index (χ3n) is 2.73. The molecule has 0 bridgehead atoms. The van der Waals surface area contributed by atoms with E-state index in [2.05, 4.69) is 11.8 Å². The average Bonchev–Trinajstić information content (AvgIpc) is 2.23. The van der Waals surface area contributed by atoms with E-state index in [1.165, 1.54) is 38.9 Å². The minimum absolute atomic E-state index is 0. The molecule has 1 fully saturated rings. The maximum Gasteiger partial charge on any atom is 0 e. The van der Waals surface area contributed by atoms with Crippen LogP contribution in [0.5, 0.6) is 0 Å². The number of likely N-dealkylation sites (tertiary alicyclic amines) is 1. The maximum absolute atomic E-state index is 5.51. The van der Waals surface area contributed by atoms with Crippen LogP contribution in [0.3, 0.4) is 0 Å². The lowest BCUT2D eigenvalue weighted by molar-refractivity contribution is 0.188. The summed E-state index contributed by atoms with van der Waals surface area (Å²) in [5, 5.41) is 0. The smallest absolute Gasteiger partial charge is 0 e. The van der Waals surface area contributed by atoms with Gasteiger partial charge in [-0.05, 0) is 51.4 Å². The predicted molar refractivity (Wildman–Crippen MR) is 77.4 cm³/mol. The van der Waals surface area contributed by atoms with Gasteiger partial charge >= 0.3 is 0 Å². The predicted octanol–water partition coefficient (Wildman–Crippen LogP) is 2.96. The van der Waals surface area contributed by atoms with Crippen LogP contribution in [0.2, 0.25) is 0 Å². The van der Waals surface area contributed by atoms with Crippen molar-refractivity contribution in [2.75, 3.05) is 26.2 Å². The van der Waals surface area contributed by atoms with Crippen LogP contribution in [0, 0.1) is 5.92 Å². The fourth-order valence-electron chi connectivity index (χ4n) is 1.83. The summed E-state index contributed by atoms with van der Waals surface area (Å²) in [4.78, 5) is 2.52. The highest BCUT2D eigenvalue weighted by atomic mass is 127. The van der Waals surface area contributed by atoms with Crippen LogP contribution in [-0.4, -0.2) is 31.1 Å². The van der Waals surface area contributed by atoms with Crippen molar-refractivity contribution in [3.05, 3.63) is 0 Å². The van der Waals surface area contributed by atoms with E-state index in [-0.39, 0.29) is 25.4 Å². The highest BCUT2D eigenvalue weighted by Crippen LogP contribution is 2.18. The van der Waals surface area contributed by atoms with Crippen molar-refractivity contribution in [3.63, 3.8) is 0 Å². The summed E-state index contributed by atoms with van der Waals surface area (Å²) in [5.41, 5.74) is 5.51. The molecule has 0 aromatic heterocycles. The zero-order chi connectivity index (χ0) is 10.1. The summed E-state index contributed by atoms with van der Waals surface area (Å²) in [6.07, 6.45) is 3.97. The van der Waals surface area contributed by atoms with Crippen molar-refractivity contribution in [2.24, 2.45) is 11.7 Å². The number of halogens is 1. The van der Waals surface area contributed by atoms with Gasteiger partial charge in [0.05, 0.1) is 0 Å². The number of piperidine rings is 1. The Morgan fingerprint density at radius 2 is 1.79 bits per heavy atom. The van der Waals surface area contributed by atoms with Crippen LogP contribution >= 0.6 is 24.0 Å². The van der Waals surface area contributed by atoms with Crippen molar-refractivity contribution < 1.29 is 1.43 Å². The van der Waals surface area contributed by atoms with Crippen molar-refractivity contribution in [2.45, 2.75) is 40.0 Å². The number of hydrogen-bond acceptors (Lipinski definition) is 2. The van der Waals surface area contributed by atoms with Crippen molar-refractivity contribution in [1.29, 1.82) is 0 Å². The van der Waals surface area contributed by atoms with Crippen molar-refractivity contribution in [3.8, 4) is 0 Å². The van der Waals surface area contributed by atoms with Gasteiger partial charge in [-0.15, -0.1) is 24.0 Å². The maximum atomic E-state index is 5.51. The van der Waals surface area contributed by atoms with Gasteiger partial charge in [0, 0.05) is 1.43 Å². The molecule has 1 rings (SSSR count). The summed E-state index contributed by atoms with van der Waals surface area (Å²) in [7, 11) is 0. The highest BCUT2D eigenvalue weighted by molar-refractivity contribution is 14.0. The molecular weight excluding hydrogens is 287 g/mol. The van der Waals surface area contributed by atoms with Crippen LogP contribution in [0.1, 0.15) is 41.5 Å². The van der Waals surface area contributed by atoms with E-state index in [9.17, 15) is 0 Å². The van der Waals surface area contributed by atoms with Crippen LogP contribution in [0.25, 0.3) is 0 Å². The average molecular weight is 316 g/mol. The molecule has 0 aromatic rings. The molecule has 0 radical (unpaired) electrons. The highest BCUT2D eigenvalue weighted by Gasteiger charge is 2.16. The Balaban J connectivity index is -0.000000339. The fraction of sp³-hybridized carbons (Fsp3) is 1.00. The van der Waals surface area contributed by atoms with Gasteiger partial charge in [0.2, 0.25) is 0 Å². The third kappa shape index (κ3) is 7.01. The van der Waals surface area contributed by atoms with E-state index in [4.69, 9.17) is 5.73 Å². The Kier molecular flexibility index (Phi) is 14.3. The van der Waals surface area contributed by atoms with Gasteiger partial charge in [-0.1, -0.05) is 20.8 Å². The first-order valence-electron chi connectivity index (χ1n) is 5.79. The molecule has 0 saturated carbocycles. The minimum atomic E-state index is 0. The number of nitrogens with zero attached hydrogens (tertiary/aromatic N) is 1. The molecule has 0 aliphatic carbocycles. The quantitative estimate of drug-likeness (QED) is 0.811. The van der Waals surface area contributed by atoms with Gasteiger partial charge in [-0.25, -0.2) is 0 Å². The topological polar surface area (TPSA) is 29.3 Å². The van der Waals surface area contributed by atoms with E-state index < -0.39 is 0 Å². The molecule has 1 aliphatic heterocycles. The molecular formula is C11H29IN2. The van der Waals surface area contributed by atoms with Gasteiger partial charge in [-0.2, -0.15) is 0 Å². The summed E-state index contributed by atoms with van der Waals surface area (Å²) in [6, 6.07) is 0. The Bertz CT molecular complexity index is 107. The number of hydrogen-bond donors (Lipinski definition) is 1. The first-order valence-corrected chi connectivity index (χ1v) is 5.79. The Morgan fingerprint density at radius 1 is 1.29 bits per heavy atom. The SMILES string of the molecule is CC.CCN1CCC(CCN)CC1.I.[HH].